The summed E-state index contributed by atoms with van der Waals surface area (Å²) in [6.07, 6.45) is 1.51. The summed E-state index contributed by atoms with van der Waals surface area (Å²) in [7, 11) is 3.11. The van der Waals surface area contributed by atoms with Crippen molar-refractivity contribution in [1.82, 2.24) is 0 Å². The standard InChI is InChI=1S/C20H22N2O4S/c1-25-15-9-14(10-16(11-15)26-2)21-19(23)12-27-18-8-7-13-5-3-4-6-17(13)22-20(18)24/h3-6,9-11,18H,7-8,12H2,1-2H3,(H,21,23)(H,22,24)/t18-/m1/s1. The molecule has 0 saturated carbocycles. The third-order valence-electron chi connectivity index (χ3n) is 4.29. The molecule has 0 aliphatic carbocycles. The molecule has 1 aliphatic heterocycles. The predicted octanol–water partition coefficient (Wildman–Crippen LogP) is 3.33. The van der Waals surface area contributed by atoms with Crippen LogP contribution in [0.1, 0.15) is 12.0 Å². The van der Waals surface area contributed by atoms with Gasteiger partial charge in [0.15, 0.2) is 0 Å². The van der Waals surface area contributed by atoms with Crippen LogP contribution in [0.25, 0.3) is 0 Å². The maximum atomic E-state index is 12.4. The lowest BCUT2D eigenvalue weighted by Crippen LogP contribution is -2.26. The lowest BCUT2D eigenvalue weighted by atomic mass is 10.1. The van der Waals surface area contributed by atoms with Crippen molar-refractivity contribution in [2.24, 2.45) is 0 Å². The van der Waals surface area contributed by atoms with Crippen LogP contribution < -0.4 is 20.1 Å². The average molecular weight is 386 g/mol. The molecule has 2 aromatic rings. The Morgan fingerprint density at radius 2 is 1.89 bits per heavy atom. The fourth-order valence-corrected chi connectivity index (χ4v) is 3.82. The van der Waals surface area contributed by atoms with Crippen LogP contribution in [0.2, 0.25) is 0 Å². The Morgan fingerprint density at radius 3 is 2.59 bits per heavy atom. The lowest BCUT2D eigenvalue weighted by molar-refractivity contribution is -0.115. The number of para-hydroxylation sites is 1. The van der Waals surface area contributed by atoms with E-state index in [9.17, 15) is 9.59 Å². The minimum absolute atomic E-state index is 0.0548. The van der Waals surface area contributed by atoms with Gasteiger partial charge in [-0.3, -0.25) is 9.59 Å². The van der Waals surface area contributed by atoms with Crippen LogP contribution in [0.15, 0.2) is 42.5 Å². The first-order valence-corrected chi connectivity index (χ1v) is 9.67. The van der Waals surface area contributed by atoms with Gasteiger partial charge in [-0.1, -0.05) is 18.2 Å². The number of carbonyl (C=O) groups is 2. The number of nitrogens with one attached hydrogen (secondary N) is 2. The third-order valence-corrected chi connectivity index (χ3v) is 5.58. The molecule has 2 amide bonds. The van der Waals surface area contributed by atoms with Gasteiger partial charge >= 0.3 is 0 Å². The van der Waals surface area contributed by atoms with Gasteiger partial charge in [0, 0.05) is 29.6 Å². The zero-order valence-electron chi connectivity index (χ0n) is 15.3. The molecule has 1 atom stereocenters. The van der Waals surface area contributed by atoms with Gasteiger partial charge in [-0.2, -0.15) is 0 Å². The quantitative estimate of drug-likeness (QED) is 0.796. The smallest absolute Gasteiger partial charge is 0.237 e. The topological polar surface area (TPSA) is 76.7 Å². The van der Waals surface area contributed by atoms with Gasteiger partial charge in [0.05, 0.1) is 25.2 Å². The van der Waals surface area contributed by atoms with Gasteiger partial charge in [0.1, 0.15) is 11.5 Å². The SMILES string of the molecule is COc1cc(NC(=O)CS[C@@H]2CCc3ccccc3NC2=O)cc(OC)c1. The van der Waals surface area contributed by atoms with Gasteiger partial charge in [-0.15, -0.1) is 11.8 Å². The molecule has 2 aromatic carbocycles. The number of hydrogen-bond acceptors (Lipinski definition) is 5. The van der Waals surface area contributed by atoms with Crippen molar-refractivity contribution in [3.8, 4) is 11.5 Å². The Hall–Kier alpha value is -2.67. The van der Waals surface area contributed by atoms with E-state index in [4.69, 9.17) is 9.47 Å². The Bertz CT molecular complexity index is 818. The van der Waals surface area contributed by atoms with Crippen LogP contribution in [0.5, 0.6) is 11.5 Å². The number of hydrogen-bond donors (Lipinski definition) is 2. The van der Waals surface area contributed by atoms with E-state index in [0.717, 1.165) is 17.7 Å². The molecular formula is C20H22N2O4S. The summed E-state index contributed by atoms with van der Waals surface area (Å²) < 4.78 is 10.4. The van der Waals surface area contributed by atoms with E-state index in [1.807, 2.05) is 24.3 Å². The normalized spacial score (nSPS) is 15.9. The fraction of sp³-hybridized carbons (Fsp3) is 0.300. The molecule has 0 spiro atoms. The largest absolute Gasteiger partial charge is 0.497 e. The average Bonchev–Trinajstić information content (AvgIpc) is 2.84. The van der Waals surface area contributed by atoms with Crippen molar-refractivity contribution >= 4 is 35.0 Å². The number of fused-ring (bicyclic) bond motifs is 1. The van der Waals surface area contributed by atoms with Gasteiger partial charge in [-0.05, 0) is 24.5 Å². The highest BCUT2D eigenvalue weighted by atomic mass is 32.2. The van der Waals surface area contributed by atoms with E-state index in [1.54, 1.807) is 32.4 Å². The van der Waals surface area contributed by atoms with Crippen molar-refractivity contribution in [3.63, 3.8) is 0 Å². The first-order valence-electron chi connectivity index (χ1n) is 8.62. The molecule has 7 heteroatoms. The van der Waals surface area contributed by atoms with Crippen molar-refractivity contribution in [1.29, 1.82) is 0 Å². The van der Waals surface area contributed by atoms with Crippen LogP contribution in [0.3, 0.4) is 0 Å². The maximum Gasteiger partial charge on any atom is 0.237 e. The summed E-state index contributed by atoms with van der Waals surface area (Å²) >= 11 is 1.35. The van der Waals surface area contributed by atoms with E-state index in [-0.39, 0.29) is 22.8 Å². The van der Waals surface area contributed by atoms with Crippen LogP contribution >= 0.6 is 11.8 Å². The summed E-state index contributed by atoms with van der Waals surface area (Å²) in [5.74, 6) is 1.15. The summed E-state index contributed by atoms with van der Waals surface area (Å²) in [6, 6.07) is 13.0. The van der Waals surface area contributed by atoms with Gasteiger partial charge < -0.3 is 20.1 Å². The Labute approximate surface area is 162 Å². The van der Waals surface area contributed by atoms with Crippen molar-refractivity contribution in [3.05, 3.63) is 48.0 Å². The van der Waals surface area contributed by atoms with E-state index in [2.05, 4.69) is 10.6 Å². The number of aryl methyl sites for hydroxylation is 1. The number of amides is 2. The van der Waals surface area contributed by atoms with Gasteiger partial charge in [0.25, 0.3) is 0 Å². The highest BCUT2D eigenvalue weighted by Gasteiger charge is 2.24. The fourth-order valence-electron chi connectivity index (χ4n) is 2.90. The zero-order chi connectivity index (χ0) is 19.2. The van der Waals surface area contributed by atoms with E-state index in [0.29, 0.717) is 23.6 Å². The molecule has 0 fully saturated rings. The first kappa shape index (κ1) is 19.1. The lowest BCUT2D eigenvalue weighted by Gasteiger charge is -2.13. The van der Waals surface area contributed by atoms with Crippen molar-refractivity contribution < 1.29 is 19.1 Å². The second-order valence-corrected chi connectivity index (χ2v) is 7.33. The van der Waals surface area contributed by atoms with Crippen molar-refractivity contribution in [2.75, 3.05) is 30.6 Å². The number of carbonyl (C=O) groups excluding carboxylic acids is 2. The van der Waals surface area contributed by atoms with E-state index >= 15 is 0 Å². The van der Waals surface area contributed by atoms with E-state index < -0.39 is 0 Å². The molecule has 0 aromatic heterocycles. The molecule has 1 aliphatic rings. The summed E-state index contributed by atoms with van der Waals surface area (Å²) in [6.45, 7) is 0. The van der Waals surface area contributed by atoms with Crippen LogP contribution in [0, 0.1) is 0 Å². The Kier molecular flexibility index (Phi) is 6.24. The number of rotatable bonds is 6. The highest BCUT2D eigenvalue weighted by molar-refractivity contribution is 8.01. The first-order chi connectivity index (χ1) is 13.1. The number of thioether (sulfide) groups is 1. The molecule has 0 radical (unpaired) electrons. The minimum atomic E-state index is -0.261. The third kappa shape index (κ3) is 4.95. The molecule has 0 saturated heterocycles. The molecule has 3 rings (SSSR count). The second kappa shape index (κ2) is 8.81. The number of anilines is 2. The van der Waals surface area contributed by atoms with Crippen LogP contribution in [0.4, 0.5) is 11.4 Å². The monoisotopic (exact) mass is 386 g/mol. The Balaban J connectivity index is 1.57. The molecular weight excluding hydrogens is 364 g/mol. The summed E-state index contributed by atoms with van der Waals surface area (Å²) in [5.41, 5.74) is 2.58. The molecule has 1 heterocycles. The molecule has 142 valence electrons. The summed E-state index contributed by atoms with van der Waals surface area (Å²) in [5, 5.41) is 5.52. The second-order valence-electron chi connectivity index (χ2n) is 6.13. The Morgan fingerprint density at radius 1 is 1.19 bits per heavy atom. The molecule has 6 nitrogen and oxygen atoms in total. The molecule has 2 N–H and O–H groups in total. The number of ether oxygens (including phenoxy) is 2. The van der Waals surface area contributed by atoms with Gasteiger partial charge in [0.2, 0.25) is 11.8 Å². The molecule has 0 bridgehead atoms. The minimum Gasteiger partial charge on any atom is -0.497 e. The molecule has 0 unspecified atom stereocenters. The highest BCUT2D eigenvalue weighted by Crippen LogP contribution is 2.28. The summed E-state index contributed by atoms with van der Waals surface area (Å²) in [4.78, 5) is 24.7. The van der Waals surface area contributed by atoms with Gasteiger partial charge in [-0.25, -0.2) is 0 Å². The van der Waals surface area contributed by atoms with Crippen LogP contribution in [-0.4, -0.2) is 37.0 Å². The van der Waals surface area contributed by atoms with Crippen molar-refractivity contribution in [2.45, 2.75) is 18.1 Å². The zero-order valence-corrected chi connectivity index (χ0v) is 16.1. The number of methoxy groups -OCH3 is 2. The molecule has 27 heavy (non-hydrogen) atoms. The predicted molar refractivity (Wildman–Crippen MR) is 108 cm³/mol. The van der Waals surface area contributed by atoms with Crippen LogP contribution in [-0.2, 0) is 16.0 Å². The van der Waals surface area contributed by atoms with E-state index in [1.165, 1.54) is 11.8 Å². The number of benzene rings is 2. The maximum absolute atomic E-state index is 12.4.